The number of halogens is 1. The summed E-state index contributed by atoms with van der Waals surface area (Å²) in [7, 11) is 0. The number of nitrogens with two attached hydrogens (primary N) is 1. The second-order valence-electron chi connectivity index (χ2n) is 4.82. The molecule has 5 heteroatoms. The van der Waals surface area contributed by atoms with Gasteiger partial charge in [-0.25, -0.2) is 0 Å². The minimum absolute atomic E-state index is 0.0571. The van der Waals surface area contributed by atoms with E-state index in [9.17, 15) is 4.79 Å². The summed E-state index contributed by atoms with van der Waals surface area (Å²) < 4.78 is 5.81. The van der Waals surface area contributed by atoms with Crippen molar-refractivity contribution >= 4 is 21.8 Å². The number of nitrogens with one attached hydrogen (secondary N) is 1. The Morgan fingerprint density at radius 1 is 1.44 bits per heavy atom. The van der Waals surface area contributed by atoms with Gasteiger partial charge in [0, 0.05) is 12.6 Å². The first-order chi connectivity index (χ1) is 8.70. The van der Waals surface area contributed by atoms with E-state index >= 15 is 0 Å². The summed E-state index contributed by atoms with van der Waals surface area (Å²) in [5.41, 5.74) is 5.78. The van der Waals surface area contributed by atoms with Crippen molar-refractivity contribution in [1.29, 1.82) is 0 Å². The zero-order valence-electron chi connectivity index (χ0n) is 10.3. The van der Waals surface area contributed by atoms with Crippen molar-refractivity contribution in [2.45, 2.75) is 38.1 Å². The fraction of sp³-hybridized carbons (Fsp3) is 0.615. The van der Waals surface area contributed by atoms with E-state index in [2.05, 4.69) is 21.2 Å². The number of carbonyl (C=O) groups is 1. The molecule has 1 aliphatic rings. The van der Waals surface area contributed by atoms with Crippen molar-refractivity contribution in [2.24, 2.45) is 11.7 Å². The van der Waals surface area contributed by atoms with Crippen LogP contribution < -0.4 is 11.1 Å². The normalized spacial score (nSPS) is 18.6. The first-order valence-corrected chi connectivity index (χ1v) is 7.26. The van der Waals surface area contributed by atoms with E-state index in [0.717, 1.165) is 12.8 Å². The van der Waals surface area contributed by atoms with Crippen LogP contribution in [0.15, 0.2) is 21.2 Å². The van der Waals surface area contributed by atoms with E-state index in [1.807, 2.05) is 0 Å². The number of rotatable bonds is 4. The molecule has 0 radical (unpaired) electrons. The molecule has 100 valence electrons. The highest BCUT2D eigenvalue weighted by molar-refractivity contribution is 9.10. The molecule has 0 aliphatic heterocycles. The second kappa shape index (κ2) is 6.38. The maximum Gasteiger partial charge on any atom is 0.287 e. The van der Waals surface area contributed by atoms with Crippen LogP contribution in [0.2, 0.25) is 0 Å². The Hall–Kier alpha value is -0.810. The summed E-state index contributed by atoms with van der Waals surface area (Å²) in [5, 5.41) is 2.99. The van der Waals surface area contributed by atoms with Gasteiger partial charge in [0.2, 0.25) is 0 Å². The van der Waals surface area contributed by atoms with Gasteiger partial charge in [0.05, 0.1) is 0 Å². The molecule has 1 amide bonds. The van der Waals surface area contributed by atoms with Crippen LogP contribution in [0, 0.1) is 5.92 Å². The molecule has 1 fully saturated rings. The van der Waals surface area contributed by atoms with E-state index in [1.165, 1.54) is 19.3 Å². The molecule has 1 heterocycles. The van der Waals surface area contributed by atoms with Gasteiger partial charge in [-0.15, -0.1) is 0 Å². The van der Waals surface area contributed by atoms with Crippen LogP contribution in [0.1, 0.15) is 42.7 Å². The van der Waals surface area contributed by atoms with Crippen molar-refractivity contribution in [1.82, 2.24) is 5.32 Å². The summed E-state index contributed by atoms with van der Waals surface area (Å²) in [6, 6.07) is 3.43. The van der Waals surface area contributed by atoms with E-state index in [1.54, 1.807) is 12.1 Å². The Balaban J connectivity index is 1.95. The molecule has 1 atom stereocenters. The maximum absolute atomic E-state index is 12.0. The van der Waals surface area contributed by atoms with Gasteiger partial charge in [-0.1, -0.05) is 19.3 Å². The maximum atomic E-state index is 12.0. The smallest absolute Gasteiger partial charge is 0.287 e. The van der Waals surface area contributed by atoms with Gasteiger partial charge in [-0.3, -0.25) is 4.79 Å². The fourth-order valence-electron chi connectivity index (χ4n) is 2.58. The molecule has 1 aromatic rings. The van der Waals surface area contributed by atoms with Crippen molar-refractivity contribution in [3.8, 4) is 0 Å². The van der Waals surface area contributed by atoms with Crippen molar-refractivity contribution in [3.63, 3.8) is 0 Å². The highest BCUT2D eigenvalue weighted by Crippen LogP contribution is 2.26. The molecule has 0 bridgehead atoms. The van der Waals surface area contributed by atoms with Gasteiger partial charge in [-0.05, 0) is 46.8 Å². The zero-order valence-corrected chi connectivity index (χ0v) is 11.9. The summed E-state index contributed by atoms with van der Waals surface area (Å²) in [4.78, 5) is 12.0. The highest BCUT2D eigenvalue weighted by Gasteiger charge is 2.25. The zero-order chi connectivity index (χ0) is 13.0. The van der Waals surface area contributed by atoms with Crippen LogP contribution in [0.25, 0.3) is 0 Å². The molecule has 1 unspecified atom stereocenters. The third-order valence-corrected chi connectivity index (χ3v) is 4.01. The minimum atomic E-state index is -0.179. The molecule has 0 saturated heterocycles. The number of furan rings is 1. The molecule has 0 spiro atoms. The standard InChI is InChI=1S/C13H19BrN2O2/c14-12-7-6-11(18-12)13(17)16-10(8-15)9-4-2-1-3-5-9/h6-7,9-10H,1-5,8,15H2,(H,16,17). The third kappa shape index (κ3) is 3.36. The molecule has 1 saturated carbocycles. The van der Waals surface area contributed by atoms with Crippen LogP contribution in [0.5, 0.6) is 0 Å². The lowest BCUT2D eigenvalue weighted by Crippen LogP contribution is -2.45. The predicted octanol–water partition coefficient (Wildman–Crippen LogP) is 2.68. The lowest BCUT2D eigenvalue weighted by molar-refractivity contribution is 0.0886. The lowest BCUT2D eigenvalue weighted by Gasteiger charge is -2.29. The lowest BCUT2D eigenvalue weighted by atomic mass is 9.84. The van der Waals surface area contributed by atoms with Crippen LogP contribution in [-0.2, 0) is 0 Å². The summed E-state index contributed by atoms with van der Waals surface area (Å²) >= 11 is 3.19. The van der Waals surface area contributed by atoms with E-state index in [0.29, 0.717) is 22.9 Å². The third-order valence-electron chi connectivity index (χ3n) is 3.59. The highest BCUT2D eigenvalue weighted by atomic mass is 79.9. The van der Waals surface area contributed by atoms with Gasteiger partial charge in [0.15, 0.2) is 10.4 Å². The minimum Gasteiger partial charge on any atom is -0.444 e. The first-order valence-electron chi connectivity index (χ1n) is 6.47. The van der Waals surface area contributed by atoms with E-state index in [-0.39, 0.29) is 11.9 Å². The number of hydrogen-bond donors (Lipinski definition) is 2. The largest absolute Gasteiger partial charge is 0.444 e. The van der Waals surface area contributed by atoms with Crippen LogP contribution in [0.4, 0.5) is 0 Å². The van der Waals surface area contributed by atoms with Crippen LogP contribution in [0.3, 0.4) is 0 Å². The Bertz CT molecular complexity index is 399. The number of hydrogen-bond acceptors (Lipinski definition) is 3. The molecular weight excluding hydrogens is 296 g/mol. The Morgan fingerprint density at radius 3 is 2.72 bits per heavy atom. The fourth-order valence-corrected chi connectivity index (χ4v) is 2.89. The first kappa shape index (κ1) is 13.6. The topological polar surface area (TPSA) is 68.3 Å². The average molecular weight is 315 g/mol. The number of amides is 1. The second-order valence-corrected chi connectivity index (χ2v) is 5.60. The average Bonchev–Trinajstić information content (AvgIpc) is 2.83. The van der Waals surface area contributed by atoms with Crippen molar-refractivity contribution < 1.29 is 9.21 Å². The molecule has 3 N–H and O–H groups in total. The SMILES string of the molecule is NCC(NC(=O)c1ccc(Br)o1)C1CCCCC1. The van der Waals surface area contributed by atoms with E-state index < -0.39 is 0 Å². The van der Waals surface area contributed by atoms with Crippen LogP contribution in [-0.4, -0.2) is 18.5 Å². The number of carbonyl (C=O) groups excluding carboxylic acids is 1. The molecule has 2 rings (SSSR count). The van der Waals surface area contributed by atoms with Crippen LogP contribution >= 0.6 is 15.9 Å². The molecular formula is C13H19BrN2O2. The summed E-state index contributed by atoms with van der Waals surface area (Å²) in [6.07, 6.45) is 6.09. The quantitative estimate of drug-likeness (QED) is 0.897. The van der Waals surface area contributed by atoms with Gasteiger partial charge >= 0.3 is 0 Å². The van der Waals surface area contributed by atoms with E-state index in [4.69, 9.17) is 10.2 Å². The molecule has 1 aromatic heterocycles. The Morgan fingerprint density at radius 2 is 2.17 bits per heavy atom. The monoisotopic (exact) mass is 314 g/mol. The molecule has 0 aromatic carbocycles. The molecule has 18 heavy (non-hydrogen) atoms. The Kier molecular flexibility index (Phi) is 4.83. The molecule has 1 aliphatic carbocycles. The van der Waals surface area contributed by atoms with Crippen molar-refractivity contribution in [2.75, 3.05) is 6.54 Å². The van der Waals surface area contributed by atoms with Gasteiger partial charge in [0.25, 0.3) is 5.91 Å². The van der Waals surface area contributed by atoms with Crippen molar-refractivity contribution in [3.05, 3.63) is 22.6 Å². The Labute approximate surface area is 115 Å². The van der Waals surface area contributed by atoms with Gasteiger partial charge in [-0.2, -0.15) is 0 Å². The predicted molar refractivity (Wildman–Crippen MR) is 73.3 cm³/mol. The summed E-state index contributed by atoms with van der Waals surface area (Å²) in [6.45, 7) is 0.484. The van der Waals surface area contributed by atoms with Gasteiger partial charge in [0.1, 0.15) is 0 Å². The molecule has 4 nitrogen and oxygen atoms in total. The summed E-state index contributed by atoms with van der Waals surface area (Å²) in [5.74, 6) is 0.656. The van der Waals surface area contributed by atoms with Gasteiger partial charge < -0.3 is 15.5 Å².